The molecule has 0 radical (unpaired) electrons. The lowest BCUT2D eigenvalue weighted by atomic mass is 10.2. The van der Waals surface area contributed by atoms with Crippen molar-refractivity contribution in [2.24, 2.45) is 5.73 Å². The molecule has 1 aromatic carbocycles. The fourth-order valence-corrected chi connectivity index (χ4v) is 1.92. The van der Waals surface area contributed by atoms with Gasteiger partial charge in [-0.3, -0.25) is 4.55 Å². The highest BCUT2D eigenvalue weighted by Crippen LogP contribution is 2.21. The molecule has 0 aliphatic carbocycles. The minimum absolute atomic E-state index is 0.0227. The molecule has 4 nitrogen and oxygen atoms in total. The van der Waals surface area contributed by atoms with Crippen LogP contribution in [0.1, 0.15) is 5.56 Å². The number of hydrogen-bond acceptors (Lipinski definition) is 3. The monoisotopic (exact) mass is 221 g/mol. The van der Waals surface area contributed by atoms with Gasteiger partial charge in [-0.15, -0.1) is 0 Å². The second-order valence-corrected chi connectivity index (χ2v) is 4.24. The van der Waals surface area contributed by atoms with Gasteiger partial charge < -0.3 is 5.73 Å². The first-order valence-electron chi connectivity index (χ1n) is 3.41. The number of rotatable bonds is 2. The fraction of sp³-hybridized carbons (Fsp3) is 0.143. The quantitative estimate of drug-likeness (QED) is 0.732. The van der Waals surface area contributed by atoms with Crippen LogP contribution >= 0.6 is 11.6 Å². The van der Waals surface area contributed by atoms with Crippen LogP contribution in [-0.2, 0) is 16.7 Å². The molecule has 0 spiro atoms. The molecule has 72 valence electrons. The maximum Gasteiger partial charge on any atom is 0.296 e. The fourth-order valence-electron chi connectivity index (χ4n) is 0.881. The zero-order valence-corrected chi connectivity index (χ0v) is 8.14. The van der Waals surface area contributed by atoms with Gasteiger partial charge in [0.25, 0.3) is 10.1 Å². The topological polar surface area (TPSA) is 80.4 Å². The Labute approximate surface area is 81.1 Å². The summed E-state index contributed by atoms with van der Waals surface area (Å²) in [6, 6.07) is 4.12. The van der Waals surface area contributed by atoms with Crippen molar-refractivity contribution < 1.29 is 13.0 Å². The molecular formula is C7H8ClNO3S. The molecule has 1 rings (SSSR count). The smallest absolute Gasteiger partial charge is 0.296 e. The van der Waals surface area contributed by atoms with Gasteiger partial charge in [0.05, 0.1) is 5.02 Å². The zero-order chi connectivity index (χ0) is 10.1. The van der Waals surface area contributed by atoms with E-state index >= 15 is 0 Å². The first-order valence-corrected chi connectivity index (χ1v) is 5.23. The Morgan fingerprint density at radius 2 is 2.08 bits per heavy atom. The highest BCUT2D eigenvalue weighted by Gasteiger charge is 2.13. The van der Waals surface area contributed by atoms with Gasteiger partial charge in [-0.05, 0) is 17.7 Å². The summed E-state index contributed by atoms with van der Waals surface area (Å²) >= 11 is 5.60. The molecule has 0 aliphatic rings. The molecule has 0 aliphatic heterocycles. The Kier molecular flexibility index (Phi) is 2.92. The highest BCUT2D eigenvalue weighted by atomic mass is 35.5. The van der Waals surface area contributed by atoms with Gasteiger partial charge in [-0.25, -0.2) is 0 Å². The van der Waals surface area contributed by atoms with Gasteiger partial charge >= 0.3 is 0 Å². The van der Waals surface area contributed by atoms with E-state index in [2.05, 4.69) is 0 Å². The summed E-state index contributed by atoms with van der Waals surface area (Å²) in [5.41, 5.74) is 6.01. The summed E-state index contributed by atoms with van der Waals surface area (Å²) in [4.78, 5) is -0.300. The first-order chi connectivity index (χ1) is 5.95. The van der Waals surface area contributed by atoms with E-state index in [1.54, 1.807) is 0 Å². The molecule has 0 fully saturated rings. The van der Waals surface area contributed by atoms with Gasteiger partial charge in [0.2, 0.25) is 0 Å². The lowest BCUT2D eigenvalue weighted by Gasteiger charge is -2.02. The van der Waals surface area contributed by atoms with E-state index in [1.165, 1.54) is 18.2 Å². The van der Waals surface area contributed by atoms with Crippen LogP contribution in [0, 0.1) is 0 Å². The van der Waals surface area contributed by atoms with E-state index < -0.39 is 10.1 Å². The van der Waals surface area contributed by atoms with Crippen molar-refractivity contribution in [2.75, 3.05) is 0 Å². The number of nitrogens with two attached hydrogens (primary N) is 1. The third kappa shape index (κ3) is 2.41. The molecule has 0 unspecified atom stereocenters. The van der Waals surface area contributed by atoms with Crippen LogP contribution < -0.4 is 5.73 Å². The maximum absolute atomic E-state index is 10.7. The van der Waals surface area contributed by atoms with Gasteiger partial charge in [-0.1, -0.05) is 17.7 Å². The highest BCUT2D eigenvalue weighted by molar-refractivity contribution is 7.86. The third-order valence-electron chi connectivity index (χ3n) is 1.51. The Morgan fingerprint density at radius 3 is 2.46 bits per heavy atom. The molecule has 0 saturated heterocycles. The first kappa shape index (κ1) is 10.5. The minimum atomic E-state index is -4.23. The second-order valence-electron chi connectivity index (χ2n) is 2.44. The molecule has 0 bridgehead atoms. The Balaban J connectivity index is 3.29. The summed E-state index contributed by atoms with van der Waals surface area (Å²) in [6.45, 7) is 0.269. The minimum Gasteiger partial charge on any atom is -0.326 e. The summed E-state index contributed by atoms with van der Waals surface area (Å²) in [5.74, 6) is 0. The van der Waals surface area contributed by atoms with E-state index in [9.17, 15) is 8.42 Å². The van der Waals surface area contributed by atoms with Gasteiger partial charge in [0.1, 0.15) is 4.90 Å². The van der Waals surface area contributed by atoms with Crippen molar-refractivity contribution in [3.63, 3.8) is 0 Å². The maximum atomic E-state index is 10.7. The number of benzene rings is 1. The van der Waals surface area contributed by atoms with Crippen LogP contribution in [0.4, 0.5) is 0 Å². The Morgan fingerprint density at radius 1 is 1.46 bits per heavy atom. The number of hydrogen-bond donors (Lipinski definition) is 2. The lowest BCUT2D eigenvalue weighted by molar-refractivity contribution is 0.483. The van der Waals surface area contributed by atoms with Crippen LogP contribution in [0.2, 0.25) is 5.02 Å². The van der Waals surface area contributed by atoms with E-state index in [-0.39, 0.29) is 16.5 Å². The SMILES string of the molecule is NCc1ccc(S(=O)(=O)O)c(Cl)c1. The zero-order valence-electron chi connectivity index (χ0n) is 6.57. The second kappa shape index (κ2) is 3.63. The van der Waals surface area contributed by atoms with Crippen LogP contribution in [0.5, 0.6) is 0 Å². The molecule has 13 heavy (non-hydrogen) atoms. The molecule has 0 amide bonds. The van der Waals surface area contributed by atoms with Gasteiger partial charge in [0, 0.05) is 6.54 Å². The van der Waals surface area contributed by atoms with Crippen molar-refractivity contribution in [3.8, 4) is 0 Å². The summed E-state index contributed by atoms with van der Waals surface area (Å²) in [7, 11) is -4.23. The van der Waals surface area contributed by atoms with Gasteiger partial charge in [0.15, 0.2) is 0 Å². The third-order valence-corrected chi connectivity index (χ3v) is 2.85. The normalized spacial score (nSPS) is 11.6. The Hall–Kier alpha value is -0.620. The molecule has 3 N–H and O–H groups in total. The van der Waals surface area contributed by atoms with Crippen LogP contribution in [0.3, 0.4) is 0 Å². The molecule has 0 aromatic heterocycles. The summed E-state index contributed by atoms with van der Waals surface area (Å²) < 4.78 is 30.1. The van der Waals surface area contributed by atoms with Crippen molar-refractivity contribution in [3.05, 3.63) is 28.8 Å². The Bertz CT molecular complexity index is 416. The average molecular weight is 222 g/mol. The van der Waals surface area contributed by atoms with Crippen LogP contribution in [0.25, 0.3) is 0 Å². The molecule has 0 heterocycles. The molecule has 0 saturated carbocycles. The predicted octanol–water partition coefficient (Wildman–Crippen LogP) is 1.05. The van der Waals surface area contributed by atoms with Crippen molar-refractivity contribution in [1.29, 1.82) is 0 Å². The van der Waals surface area contributed by atoms with Crippen LogP contribution in [-0.4, -0.2) is 13.0 Å². The summed E-state index contributed by atoms with van der Waals surface area (Å²) in [6.07, 6.45) is 0. The molecule has 1 aromatic rings. The lowest BCUT2D eigenvalue weighted by Crippen LogP contribution is -2.01. The van der Waals surface area contributed by atoms with Crippen LogP contribution in [0.15, 0.2) is 23.1 Å². The van der Waals surface area contributed by atoms with Gasteiger partial charge in [-0.2, -0.15) is 8.42 Å². The average Bonchev–Trinajstić information content (AvgIpc) is 2.01. The predicted molar refractivity (Wildman–Crippen MR) is 49.2 cm³/mol. The van der Waals surface area contributed by atoms with Crippen molar-refractivity contribution in [2.45, 2.75) is 11.4 Å². The van der Waals surface area contributed by atoms with E-state index in [4.69, 9.17) is 21.9 Å². The molecule has 0 atom stereocenters. The van der Waals surface area contributed by atoms with Crippen molar-refractivity contribution >= 4 is 21.7 Å². The molecular weight excluding hydrogens is 214 g/mol. The molecule has 6 heteroatoms. The van der Waals surface area contributed by atoms with E-state index in [0.29, 0.717) is 5.56 Å². The van der Waals surface area contributed by atoms with E-state index in [0.717, 1.165) is 0 Å². The van der Waals surface area contributed by atoms with E-state index in [1.807, 2.05) is 0 Å². The van der Waals surface area contributed by atoms with Crippen molar-refractivity contribution in [1.82, 2.24) is 0 Å². The summed E-state index contributed by atoms with van der Waals surface area (Å²) in [5, 5.41) is -0.0227. The standard InChI is InChI=1S/C7H8ClNO3S/c8-6-3-5(4-9)1-2-7(6)13(10,11)12/h1-3H,4,9H2,(H,10,11,12). The number of halogens is 1. The largest absolute Gasteiger partial charge is 0.326 e.